The zero-order valence-electron chi connectivity index (χ0n) is 19.0. The number of carbonyl (C=O) groups is 1. The van der Waals surface area contributed by atoms with E-state index in [1.807, 2.05) is 70.2 Å². The van der Waals surface area contributed by atoms with Crippen molar-refractivity contribution < 1.29 is 4.79 Å². The van der Waals surface area contributed by atoms with E-state index in [9.17, 15) is 9.59 Å². The largest absolute Gasteiger partial charge is 0.363 e. The number of amides is 1. The zero-order valence-corrected chi connectivity index (χ0v) is 20.7. The lowest BCUT2D eigenvalue weighted by atomic mass is 10.1. The molecule has 2 atom stereocenters. The van der Waals surface area contributed by atoms with Gasteiger partial charge >= 0.3 is 0 Å². The van der Waals surface area contributed by atoms with Gasteiger partial charge in [0, 0.05) is 18.3 Å². The van der Waals surface area contributed by atoms with Gasteiger partial charge in [-0.2, -0.15) is 0 Å². The summed E-state index contributed by atoms with van der Waals surface area (Å²) in [5.41, 5.74) is 2.65. The van der Waals surface area contributed by atoms with Gasteiger partial charge in [-0.3, -0.25) is 18.9 Å². The molecule has 0 spiro atoms. The summed E-state index contributed by atoms with van der Waals surface area (Å²) in [4.78, 5) is 33.4. The van der Waals surface area contributed by atoms with Crippen LogP contribution in [0.15, 0.2) is 58.4 Å². The second-order valence-electron chi connectivity index (χ2n) is 8.20. The van der Waals surface area contributed by atoms with Crippen molar-refractivity contribution in [3.8, 4) is 0 Å². The Hall–Kier alpha value is -2.97. The molecule has 1 aliphatic rings. The number of pyridine rings is 1. The first-order valence-corrected chi connectivity index (χ1v) is 12.1. The van der Waals surface area contributed by atoms with E-state index in [4.69, 9.17) is 17.2 Å². The molecule has 0 aliphatic carbocycles. The van der Waals surface area contributed by atoms with Crippen LogP contribution in [0.3, 0.4) is 0 Å². The van der Waals surface area contributed by atoms with Gasteiger partial charge in [0.2, 0.25) is 0 Å². The Kier molecular flexibility index (Phi) is 6.67. The predicted octanol–water partition coefficient (Wildman–Crippen LogP) is 5.18. The second-order valence-corrected chi connectivity index (χ2v) is 9.88. The fourth-order valence-electron chi connectivity index (χ4n) is 3.70. The summed E-state index contributed by atoms with van der Waals surface area (Å²) in [6, 6.07) is 13.6. The lowest BCUT2D eigenvalue weighted by Crippen LogP contribution is -2.36. The molecule has 2 aromatic heterocycles. The van der Waals surface area contributed by atoms with E-state index in [-0.39, 0.29) is 23.6 Å². The van der Waals surface area contributed by atoms with E-state index >= 15 is 0 Å². The summed E-state index contributed by atoms with van der Waals surface area (Å²) in [7, 11) is 0. The lowest BCUT2D eigenvalue weighted by molar-refractivity contribution is -0.123. The number of hydrogen-bond acceptors (Lipinski definition) is 6. The molecule has 2 unspecified atom stereocenters. The normalized spacial score (nSPS) is 17.1. The monoisotopic (exact) mass is 478 g/mol. The summed E-state index contributed by atoms with van der Waals surface area (Å²) in [5.74, 6) is 0.268. The van der Waals surface area contributed by atoms with Crippen molar-refractivity contribution in [2.24, 2.45) is 0 Å². The summed E-state index contributed by atoms with van der Waals surface area (Å²) in [6.45, 7) is 7.92. The highest BCUT2D eigenvalue weighted by atomic mass is 32.2. The van der Waals surface area contributed by atoms with Crippen molar-refractivity contribution in [2.45, 2.75) is 46.2 Å². The van der Waals surface area contributed by atoms with Crippen LogP contribution >= 0.6 is 24.0 Å². The SMILES string of the molecule is CCC(C)N1C(=O)C(=Cc2c(NC(C)c3ccccc3)nc3ccc(C)cn3c2=O)SC1=S. The average Bonchev–Trinajstić information content (AvgIpc) is 3.09. The van der Waals surface area contributed by atoms with E-state index in [0.717, 1.165) is 17.5 Å². The van der Waals surface area contributed by atoms with Crippen LogP contribution in [-0.2, 0) is 4.79 Å². The quantitative estimate of drug-likeness (QED) is 0.389. The summed E-state index contributed by atoms with van der Waals surface area (Å²) < 4.78 is 2.03. The third-order valence-corrected chi connectivity index (χ3v) is 7.12. The minimum atomic E-state index is -0.236. The van der Waals surface area contributed by atoms with Crippen LogP contribution in [0.2, 0.25) is 0 Å². The molecular formula is C25H26N4O2S2. The molecule has 1 aromatic carbocycles. The molecule has 33 heavy (non-hydrogen) atoms. The molecular weight excluding hydrogens is 452 g/mol. The van der Waals surface area contributed by atoms with Gasteiger partial charge in [0.25, 0.3) is 11.5 Å². The van der Waals surface area contributed by atoms with Crippen molar-refractivity contribution in [3.63, 3.8) is 0 Å². The Morgan fingerprint density at radius 3 is 2.58 bits per heavy atom. The van der Waals surface area contributed by atoms with Crippen LogP contribution < -0.4 is 10.9 Å². The molecule has 4 rings (SSSR count). The molecule has 1 N–H and O–H groups in total. The first-order valence-electron chi connectivity index (χ1n) is 10.9. The minimum absolute atomic E-state index is 0.00225. The Balaban J connectivity index is 1.84. The van der Waals surface area contributed by atoms with Gasteiger partial charge < -0.3 is 5.32 Å². The molecule has 8 heteroatoms. The number of anilines is 1. The Bertz CT molecular complexity index is 1320. The van der Waals surface area contributed by atoms with Crippen LogP contribution in [0, 0.1) is 6.92 Å². The molecule has 1 fully saturated rings. The summed E-state index contributed by atoms with van der Waals surface area (Å²) in [5, 5.41) is 3.38. The number of nitrogens with one attached hydrogen (secondary N) is 1. The number of hydrogen-bond donors (Lipinski definition) is 1. The number of aryl methyl sites for hydroxylation is 1. The number of benzene rings is 1. The van der Waals surface area contributed by atoms with Crippen LogP contribution in [0.5, 0.6) is 0 Å². The van der Waals surface area contributed by atoms with Gasteiger partial charge in [0.1, 0.15) is 15.8 Å². The van der Waals surface area contributed by atoms with E-state index in [1.54, 1.807) is 17.2 Å². The van der Waals surface area contributed by atoms with Gasteiger partial charge in [-0.1, -0.05) is 67.3 Å². The first-order chi connectivity index (χ1) is 15.8. The van der Waals surface area contributed by atoms with Gasteiger partial charge in [-0.15, -0.1) is 0 Å². The van der Waals surface area contributed by atoms with Crippen molar-refractivity contribution in [1.82, 2.24) is 14.3 Å². The van der Waals surface area contributed by atoms with Crippen LogP contribution in [-0.4, -0.2) is 30.6 Å². The average molecular weight is 479 g/mol. The zero-order chi connectivity index (χ0) is 23.7. The highest BCUT2D eigenvalue weighted by molar-refractivity contribution is 8.26. The highest BCUT2D eigenvalue weighted by Crippen LogP contribution is 2.35. The summed E-state index contributed by atoms with van der Waals surface area (Å²) >= 11 is 6.69. The third kappa shape index (κ3) is 4.58. The van der Waals surface area contributed by atoms with Crippen molar-refractivity contribution in [1.29, 1.82) is 0 Å². The number of aromatic nitrogens is 2. The van der Waals surface area contributed by atoms with Crippen molar-refractivity contribution >= 4 is 51.7 Å². The molecule has 3 heterocycles. The maximum Gasteiger partial charge on any atom is 0.267 e. The van der Waals surface area contributed by atoms with Gasteiger partial charge in [0.15, 0.2) is 0 Å². The number of thioether (sulfide) groups is 1. The topological polar surface area (TPSA) is 66.7 Å². The summed E-state index contributed by atoms with van der Waals surface area (Å²) in [6.07, 6.45) is 4.18. The molecule has 1 saturated heterocycles. The fraction of sp³-hybridized carbons (Fsp3) is 0.280. The van der Waals surface area contributed by atoms with Gasteiger partial charge in [0.05, 0.1) is 10.5 Å². The number of carbonyl (C=O) groups excluding carboxylic acids is 1. The molecule has 1 aliphatic heterocycles. The van der Waals surface area contributed by atoms with Crippen LogP contribution in [0.4, 0.5) is 5.82 Å². The third-order valence-electron chi connectivity index (χ3n) is 5.79. The minimum Gasteiger partial charge on any atom is -0.363 e. The molecule has 0 radical (unpaired) electrons. The van der Waals surface area contributed by atoms with Crippen molar-refractivity contribution in [3.05, 3.63) is 80.6 Å². The fourth-order valence-corrected chi connectivity index (χ4v) is 5.15. The Morgan fingerprint density at radius 2 is 1.88 bits per heavy atom. The van der Waals surface area contributed by atoms with E-state index < -0.39 is 0 Å². The van der Waals surface area contributed by atoms with Gasteiger partial charge in [-0.25, -0.2) is 4.98 Å². The highest BCUT2D eigenvalue weighted by Gasteiger charge is 2.35. The first kappa shape index (κ1) is 23.2. The van der Waals surface area contributed by atoms with Gasteiger partial charge in [-0.05, 0) is 50.5 Å². The van der Waals surface area contributed by atoms with Crippen molar-refractivity contribution in [2.75, 3.05) is 5.32 Å². The number of nitrogens with zero attached hydrogens (tertiary/aromatic N) is 3. The number of thiocarbonyl (C=S) groups is 1. The lowest BCUT2D eigenvalue weighted by Gasteiger charge is -2.21. The van der Waals surface area contributed by atoms with E-state index in [0.29, 0.717) is 26.3 Å². The van der Waals surface area contributed by atoms with E-state index in [1.165, 1.54) is 16.2 Å². The second kappa shape index (κ2) is 9.49. The smallest absolute Gasteiger partial charge is 0.267 e. The predicted molar refractivity (Wildman–Crippen MR) is 139 cm³/mol. The molecule has 1 amide bonds. The number of fused-ring (bicyclic) bond motifs is 1. The maximum atomic E-state index is 13.5. The molecule has 170 valence electrons. The molecule has 0 bridgehead atoms. The maximum absolute atomic E-state index is 13.5. The molecule has 3 aromatic rings. The van der Waals surface area contributed by atoms with E-state index in [2.05, 4.69) is 5.32 Å². The Labute approximate surface area is 202 Å². The number of rotatable bonds is 6. The van der Waals surface area contributed by atoms with Crippen LogP contribution in [0.25, 0.3) is 11.7 Å². The Morgan fingerprint density at radius 1 is 1.15 bits per heavy atom. The standard InChI is InChI=1S/C25H26N4O2S2/c1-5-16(3)29-24(31)20(33-25(29)32)13-19-22(26-17(4)18-9-7-6-8-10-18)27-21-12-11-15(2)14-28(21)23(19)30/h6-14,16-17,26H,5H2,1-4H3. The molecule has 0 saturated carbocycles. The molecule has 6 nitrogen and oxygen atoms in total. The van der Waals surface area contributed by atoms with Crippen LogP contribution in [0.1, 0.15) is 49.9 Å².